The maximum Gasteiger partial charge on any atom is 0.133 e. The second-order valence-corrected chi connectivity index (χ2v) is 5.19. The lowest BCUT2D eigenvalue weighted by atomic mass is 9.72. The second-order valence-electron chi connectivity index (χ2n) is 5.19. The predicted molar refractivity (Wildman–Crippen MR) is 60.3 cm³/mol. The fourth-order valence-electron chi connectivity index (χ4n) is 2.56. The number of hydrogen-bond donors (Lipinski definition) is 0. The summed E-state index contributed by atoms with van der Waals surface area (Å²) in [7, 11) is 0. The number of ketones is 1. The van der Waals surface area contributed by atoms with Crippen LogP contribution in [0.5, 0.6) is 0 Å². The average molecular weight is 196 g/mol. The van der Waals surface area contributed by atoms with Crippen molar-refractivity contribution in [2.75, 3.05) is 0 Å². The molecule has 0 spiro atoms. The van der Waals surface area contributed by atoms with Gasteiger partial charge in [0.25, 0.3) is 0 Å². The van der Waals surface area contributed by atoms with E-state index in [1.807, 2.05) is 0 Å². The molecule has 0 aliphatic heterocycles. The molecule has 0 heterocycles. The van der Waals surface area contributed by atoms with Crippen molar-refractivity contribution in [3.63, 3.8) is 0 Å². The molecule has 0 saturated heterocycles. The van der Waals surface area contributed by atoms with Gasteiger partial charge >= 0.3 is 0 Å². The van der Waals surface area contributed by atoms with Crippen LogP contribution in [-0.2, 0) is 4.79 Å². The molecule has 0 aromatic rings. The lowest BCUT2D eigenvalue weighted by molar-refractivity contribution is -0.123. The number of unbranched alkanes of at least 4 members (excludes halogenated alkanes) is 3. The van der Waals surface area contributed by atoms with Crippen LogP contribution in [0, 0.1) is 5.41 Å². The third-order valence-corrected chi connectivity index (χ3v) is 3.49. The van der Waals surface area contributed by atoms with Crippen LogP contribution in [0.1, 0.15) is 71.6 Å². The van der Waals surface area contributed by atoms with Gasteiger partial charge in [-0.05, 0) is 24.7 Å². The summed E-state index contributed by atoms with van der Waals surface area (Å²) >= 11 is 0. The molecule has 0 aromatic heterocycles. The Morgan fingerprint density at radius 1 is 1.29 bits per heavy atom. The monoisotopic (exact) mass is 196 g/mol. The number of carbonyl (C=O) groups is 1. The van der Waals surface area contributed by atoms with E-state index in [-0.39, 0.29) is 0 Å². The standard InChI is InChI=1S/C13H24O/c1-3-4-5-6-9-13(2)10-7-8-12(14)11-13/h3-11H2,1-2H3/t13-/m1/s1. The highest BCUT2D eigenvalue weighted by molar-refractivity contribution is 5.79. The normalized spacial score (nSPS) is 28.0. The zero-order valence-corrected chi connectivity index (χ0v) is 9.77. The molecule has 1 heteroatoms. The van der Waals surface area contributed by atoms with Crippen LogP contribution < -0.4 is 0 Å². The van der Waals surface area contributed by atoms with E-state index >= 15 is 0 Å². The number of rotatable bonds is 5. The second kappa shape index (κ2) is 5.53. The molecule has 0 bridgehead atoms. The van der Waals surface area contributed by atoms with Gasteiger partial charge in [-0.3, -0.25) is 4.79 Å². The van der Waals surface area contributed by atoms with Gasteiger partial charge in [0.15, 0.2) is 0 Å². The summed E-state index contributed by atoms with van der Waals surface area (Å²) in [5.41, 5.74) is 0.350. The number of Topliss-reactive ketones (excluding diaryl/α,β-unsaturated/α-hetero) is 1. The summed E-state index contributed by atoms with van der Waals surface area (Å²) < 4.78 is 0. The molecular formula is C13H24O. The Bertz CT molecular complexity index is 186. The molecule has 1 rings (SSSR count). The molecule has 1 nitrogen and oxygen atoms in total. The van der Waals surface area contributed by atoms with E-state index in [1.54, 1.807) is 0 Å². The first-order chi connectivity index (χ1) is 6.66. The number of hydrogen-bond acceptors (Lipinski definition) is 1. The minimum Gasteiger partial charge on any atom is -0.300 e. The van der Waals surface area contributed by atoms with Gasteiger partial charge in [0, 0.05) is 12.8 Å². The first-order valence-electron chi connectivity index (χ1n) is 6.18. The third kappa shape index (κ3) is 3.81. The van der Waals surface area contributed by atoms with Gasteiger partial charge in [-0.25, -0.2) is 0 Å². The molecule has 0 unspecified atom stereocenters. The van der Waals surface area contributed by atoms with Crippen molar-refractivity contribution in [3.8, 4) is 0 Å². The van der Waals surface area contributed by atoms with E-state index in [1.165, 1.54) is 38.5 Å². The van der Waals surface area contributed by atoms with E-state index in [2.05, 4.69) is 13.8 Å². The van der Waals surface area contributed by atoms with Crippen molar-refractivity contribution in [2.45, 2.75) is 71.6 Å². The lowest BCUT2D eigenvalue weighted by Gasteiger charge is -2.32. The average Bonchev–Trinajstić information content (AvgIpc) is 2.12. The Labute approximate surface area is 88.3 Å². The van der Waals surface area contributed by atoms with Gasteiger partial charge in [0.1, 0.15) is 5.78 Å². The number of carbonyl (C=O) groups excluding carboxylic acids is 1. The summed E-state index contributed by atoms with van der Waals surface area (Å²) in [5, 5.41) is 0. The maximum absolute atomic E-state index is 11.4. The molecule has 0 aromatic carbocycles. The fourth-order valence-corrected chi connectivity index (χ4v) is 2.56. The topological polar surface area (TPSA) is 17.1 Å². The molecule has 1 aliphatic rings. The molecule has 0 N–H and O–H groups in total. The molecule has 0 amide bonds. The summed E-state index contributed by atoms with van der Waals surface area (Å²) in [5.74, 6) is 0.495. The lowest BCUT2D eigenvalue weighted by Crippen LogP contribution is -2.25. The highest BCUT2D eigenvalue weighted by atomic mass is 16.1. The fraction of sp³-hybridized carbons (Fsp3) is 0.923. The molecular weight excluding hydrogens is 172 g/mol. The van der Waals surface area contributed by atoms with Crippen LogP contribution in [-0.4, -0.2) is 5.78 Å². The summed E-state index contributed by atoms with van der Waals surface area (Å²) in [6, 6.07) is 0. The van der Waals surface area contributed by atoms with E-state index in [4.69, 9.17) is 0 Å². The Balaban J connectivity index is 2.23. The summed E-state index contributed by atoms with van der Waals surface area (Å²) in [4.78, 5) is 11.4. The third-order valence-electron chi connectivity index (χ3n) is 3.49. The van der Waals surface area contributed by atoms with E-state index in [9.17, 15) is 4.79 Å². The summed E-state index contributed by atoms with van der Waals surface area (Å²) in [6.45, 7) is 4.54. The molecule has 14 heavy (non-hydrogen) atoms. The molecule has 1 aliphatic carbocycles. The van der Waals surface area contributed by atoms with E-state index < -0.39 is 0 Å². The van der Waals surface area contributed by atoms with Crippen LogP contribution in [0.3, 0.4) is 0 Å². The van der Waals surface area contributed by atoms with Crippen molar-refractivity contribution in [2.24, 2.45) is 5.41 Å². The summed E-state index contributed by atoms with van der Waals surface area (Å²) in [6.07, 6.45) is 10.7. The Kier molecular flexibility index (Phi) is 4.64. The molecule has 0 radical (unpaired) electrons. The van der Waals surface area contributed by atoms with Gasteiger partial charge in [-0.1, -0.05) is 39.5 Å². The molecule has 1 saturated carbocycles. The van der Waals surface area contributed by atoms with Crippen LogP contribution in [0.15, 0.2) is 0 Å². The minimum atomic E-state index is 0.350. The molecule has 1 atom stereocenters. The van der Waals surface area contributed by atoms with Crippen LogP contribution in [0.2, 0.25) is 0 Å². The van der Waals surface area contributed by atoms with Crippen molar-refractivity contribution in [3.05, 3.63) is 0 Å². The van der Waals surface area contributed by atoms with Crippen molar-refractivity contribution in [1.82, 2.24) is 0 Å². The molecule has 1 fully saturated rings. The van der Waals surface area contributed by atoms with Gasteiger partial charge in [0.05, 0.1) is 0 Å². The zero-order valence-electron chi connectivity index (χ0n) is 9.77. The minimum absolute atomic E-state index is 0.350. The Morgan fingerprint density at radius 3 is 2.71 bits per heavy atom. The van der Waals surface area contributed by atoms with Gasteiger partial charge in [-0.2, -0.15) is 0 Å². The van der Waals surface area contributed by atoms with Gasteiger partial charge < -0.3 is 0 Å². The van der Waals surface area contributed by atoms with Crippen LogP contribution >= 0.6 is 0 Å². The first kappa shape index (κ1) is 11.7. The van der Waals surface area contributed by atoms with Gasteiger partial charge in [-0.15, -0.1) is 0 Å². The predicted octanol–water partition coefficient (Wildman–Crippen LogP) is 4.11. The van der Waals surface area contributed by atoms with Crippen LogP contribution in [0.25, 0.3) is 0 Å². The quantitative estimate of drug-likeness (QED) is 0.605. The largest absolute Gasteiger partial charge is 0.300 e. The van der Waals surface area contributed by atoms with Crippen molar-refractivity contribution < 1.29 is 4.79 Å². The van der Waals surface area contributed by atoms with Crippen molar-refractivity contribution >= 4 is 5.78 Å². The van der Waals surface area contributed by atoms with E-state index in [0.717, 1.165) is 19.3 Å². The highest BCUT2D eigenvalue weighted by Crippen LogP contribution is 2.38. The zero-order chi connectivity index (χ0) is 10.4. The smallest absolute Gasteiger partial charge is 0.133 e. The van der Waals surface area contributed by atoms with Crippen molar-refractivity contribution in [1.29, 1.82) is 0 Å². The van der Waals surface area contributed by atoms with Crippen LogP contribution in [0.4, 0.5) is 0 Å². The Hall–Kier alpha value is -0.330. The highest BCUT2D eigenvalue weighted by Gasteiger charge is 2.30. The Morgan fingerprint density at radius 2 is 2.07 bits per heavy atom. The first-order valence-corrected chi connectivity index (χ1v) is 6.18. The van der Waals surface area contributed by atoms with Gasteiger partial charge in [0.2, 0.25) is 0 Å². The van der Waals surface area contributed by atoms with E-state index in [0.29, 0.717) is 11.2 Å². The maximum atomic E-state index is 11.4. The molecule has 82 valence electrons. The SMILES string of the molecule is CCCCCC[C@]1(C)CCCC(=O)C1.